The molecular formula is C24H32N6O2S. The van der Waals surface area contributed by atoms with Crippen LogP contribution in [0, 0.1) is 0 Å². The first-order valence-corrected chi connectivity index (χ1v) is 12.7. The van der Waals surface area contributed by atoms with Crippen LogP contribution in [0.1, 0.15) is 38.2 Å². The Hall–Kier alpha value is -2.81. The molecule has 0 atom stereocenters. The molecule has 2 aromatic heterocycles. The summed E-state index contributed by atoms with van der Waals surface area (Å²) in [5.41, 5.74) is 1.96. The first-order chi connectivity index (χ1) is 16.2. The lowest BCUT2D eigenvalue weighted by atomic mass is 10.1. The van der Waals surface area contributed by atoms with Crippen molar-refractivity contribution in [3.05, 3.63) is 36.0 Å². The number of aromatic nitrogens is 4. The predicted molar refractivity (Wildman–Crippen MR) is 132 cm³/mol. The molecular weight excluding hydrogens is 436 g/mol. The molecule has 1 N–H and O–H groups in total. The fourth-order valence-corrected chi connectivity index (χ4v) is 4.64. The number of nitrogens with zero attached hydrogens (tertiary/aromatic N) is 5. The van der Waals surface area contributed by atoms with Crippen LogP contribution in [-0.4, -0.2) is 58.2 Å². The Labute approximate surface area is 199 Å². The fourth-order valence-electron chi connectivity index (χ4n) is 3.95. The summed E-state index contributed by atoms with van der Waals surface area (Å²) < 4.78 is 7.06. The third kappa shape index (κ3) is 5.96. The highest BCUT2D eigenvalue weighted by atomic mass is 32.2. The van der Waals surface area contributed by atoms with Crippen molar-refractivity contribution in [2.24, 2.45) is 0 Å². The van der Waals surface area contributed by atoms with Crippen LogP contribution in [0.25, 0.3) is 11.0 Å². The van der Waals surface area contributed by atoms with Gasteiger partial charge in [0.25, 0.3) is 0 Å². The van der Waals surface area contributed by atoms with E-state index < -0.39 is 0 Å². The van der Waals surface area contributed by atoms with Gasteiger partial charge in [0, 0.05) is 31.8 Å². The summed E-state index contributed by atoms with van der Waals surface area (Å²) in [5.74, 6) is 2.84. The predicted octanol–water partition coefficient (Wildman–Crippen LogP) is 3.69. The highest BCUT2D eigenvalue weighted by Gasteiger charge is 2.20. The van der Waals surface area contributed by atoms with Crippen LogP contribution in [0.3, 0.4) is 0 Å². The van der Waals surface area contributed by atoms with Gasteiger partial charge in [-0.1, -0.05) is 30.8 Å². The van der Waals surface area contributed by atoms with Gasteiger partial charge in [-0.05, 0) is 43.4 Å². The quantitative estimate of drug-likeness (QED) is 0.339. The summed E-state index contributed by atoms with van der Waals surface area (Å²) in [4.78, 5) is 24.3. The number of fused-ring (bicyclic) bond motifs is 1. The van der Waals surface area contributed by atoms with E-state index in [-0.39, 0.29) is 5.91 Å². The Bertz CT molecular complexity index is 1060. The van der Waals surface area contributed by atoms with Gasteiger partial charge in [0.2, 0.25) is 5.91 Å². The Balaban J connectivity index is 1.37. The molecule has 0 saturated carbocycles. The highest BCUT2D eigenvalue weighted by molar-refractivity contribution is 7.99. The average molecular weight is 469 g/mol. The van der Waals surface area contributed by atoms with E-state index in [1.165, 1.54) is 12.8 Å². The van der Waals surface area contributed by atoms with Crippen LogP contribution in [0.5, 0.6) is 5.75 Å². The monoisotopic (exact) mass is 468 g/mol. The Morgan fingerprint density at radius 1 is 1.18 bits per heavy atom. The first kappa shape index (κ1) is 23.4. The standard InChI is InChI=1S/C24H32N6O2S/c1-3-16-33-24-27-22(29-13-4-5-14-29)20-17-26-30(23(20)28-24)15-12-25-21(31)11-8-18-6-9-19(32-2)10-7-18/h6-7,9-10,17H,3-5,8,11-16H2,1-2H3,(H,25,31). The minimum absolute atomic E-state index is 0.0360. The molecule has 0 spiro atoms. The van der Waals surface area contributed by atoms with E-state index >= 15 is 0 Å². The van der Waals surface area contributed by atoms with Crippen LogP contribution in [0.2, 0.25) is 0 Å². The number of aryl methyl sites for hydroxylation is 1. The molecule has 0 radical (unpaired) electrons. The number of nitrogens with one attached hydrogen (secondary N) is 1. The molecule has 9 heteroatoms. The van der Waals surface area contributed by atoms with Gasteiger partial charge in [0.05, 0.1) is 25.2 Å². The van der Waals surface area contributed by atoms with Crippen LogP contribution >= 0.6 is 11.8 Å². The van der Waals surface area contributed by atoms with E-state index in [0.717, 1.165) is 58.6 Å². The molecule has 3 heterocycles. The maximum atomic E-state index is 12.3. The second-order valence-electron chi connectivity index (χ2n) is 8.18. The molecule has 1 amide bonds. The molecule has 1 aromatic carbocycles. The van der Waals surface area contributed by atoms with Gasteiger partial charge in [-0.15, -0.1) is 0 Å². The zero-order chi connectivity index (χ0) is 23.0. The normalized spacial score (nSPS) is 13.6. The van der Waals surface area contributed by atoms with E-state index in [1.54, 1.807) is 18.9 Å². The summed E-state index contributed by atoms with van der Waals surface area (Å²) in [6.45, 7) is 5.30. The summed E-state index contributed by atoms with van der Waals surface area (Å²) >= 11 is 1.69. The summed E-state index contributed by atoms with van der Waals surface area (Å²) in [7, 11) is 1.65. The van der Waals surface area contributed by atoms with Gasteiger partial charge in [-0.25, -0.2) is 14.6 Å². The van der Waals surface area contributed by atoms with Crippen molar-refractivity contribution in [1.29, 1.82) is 0 Å². The Morgan fingerprint density at radius 2 is 1.97 bits per heavy atom. The van der Waals surface area contributed by atoms with E-state index in [9.17, 15) is 4.79 Å². The summed E-state index contributed by atoms with van der Waals surface area (Å²) in [5, 5.41) is 9.38. The number of amides is 1. The average Bonchev–Trinajstić information content (AvgIpc) is 3.52. The SMILES string of the molecule is CCCSc1nc(N2CCCC2)c2cnn(CCNC(=O)CCc3ccc(OC)cc3)c2n1. The van der Waals surface area contributed by atoms with Crippen molar-refractivity contribution in [3.8, 4) is 5.75 Å². The number of hydrogen-bond acceptors (Lipinski definition) is 7. The second kappa shape index (κ2) is 11.4. The first-order valence-electron chi connectivity index (χ1n) is 11.7. The lowest BCUT2D eigenvalue weighted by molar-refractivity contribution is -0.121. The van der Waals surface area contributed by atoms with Crippen LogP contribution in [-0.2, 0) is 17.8 Å². The number of thioether (sulfide) groups is 1. The number of ether oxygens (including phenoxy) is 1. The van der Waals surface area contributed by atoms with E-state index in [0.29, 0.717) is 25.9 Å². The van der Waals surface area contributed by atoms with Crippen molar-refractivity contribution in [1.82, 2.24) is 25.1 Å². The molecule has 1 aliphatic heterocycles. The lowest BCUT2D eigenvalue weighted by Crippen LogP contribution is -2.27. The van der Waals surface area contributed by atoms with E-state index in [2.05, 4.69) is 22.2 Å². The Morgan fingerprint density at radius 3 is 2.70 bits per heavy atom. The molecule has 8 nitrogen and oxygen atoms in total. The maximum Gasteiger partial charge on any atom is 0.220 e. The number of methoxy groups -OCH3 is 1. The second-order valence-corrected chi connectivity index (χ2v) is 9.24. The van der Waals surface area contributed by atoms with Crippen molar-refractivity contribution in [3.63, 3.8) is 0 Å². The highest BCUT2D eigenvalue weighted by Crippen LogP contribution is 2.29. The summed E-state index contributed by atoms with van der Waals surface area (Å²) in [6.07, 6.45) is 6.48. The van der Waals surface area contributed by atoms with Gasteiger partial charge < -0.3 is 15.0 Å². The molecule has 176 valence electrons. The van der Waals surface area contributed by atoms with E-state index in [4.69, 9.17) is 14.7 Å². The van der Waals surface area contributed by atoms with Crippen LogP contribution < -0.4 is 15.0 Å². The van der Waals surface area contributed by atoms with E-state index in [1.807, 2.05) is 35.1 Å². The van der Waals surface area contributed by atoms with Gasteiger partial charge in [-0.3, -0.25) is 4.79 Å². The summed E-state index contributed by atoms with van der Waals surface area (Å²) in [6, 6.07) is 7.82. The fraction of sp³-hybridized carbons (Fsp3) is 0.500. The topological polar surface area (TPSA) is 85.2 Å². The zero-order valence-electron chi connectivity index (χ0n) is 19.4. The van der Waals surface area contributed by atoms with Crippen LogP contribution in [0.15, 0.2) is 35.6 Å². The zero-order valence-corrected chi connectivity index (χ0v) is 20.2. The number of anilines is 1. The minimum atomic E-state index is 0.0360. The molecule has 1 fully saturated rings. The number of hydrogen-bond donors (Lipinski definition) is 1. The van der Waals surface area contributed by atoms with Crippen LogP contribution in [0.4, 0.5) is 5.82 Å². The number of carbonyl (C=O) groups excluding carboxylic acids is 1. The molecule has 0 aliphatic carbocycles. The largest absolute Gasteiger partial charge is 0.497 e. The van der Waals surface area contributed by atoms with Gasteiger partial charge in [0.15, 0.2) is 10.8 Å². The van der Waals surface area contributed by atoms with Gasteiger partial charge >= 0.3 is 0 Å². The third-order valence-electron chi connectivity index (χ3n) is 5.74. The minimum Gasteiger partial charge on any atom is -0.497 e. The molecule has 1 saturated heterocycles. The van der Waals surface area contributed by atoms with Crippen molar-refractivity contribution < 1.29 is 9.53 Å². The van der Waals surface area contributed by atoms with Crippen molar-refractivity contribution >= 4 is 34.5 Å². The number of rotatable bonds is 11. The van der Waals surface area contributed by atoms with Gasteiger partial charge in [-0.2, -0.15) is 5.10 Å². The van der Waals surface area contributed by atoms with Crippen molar-refractivity contribution in [2.45, 2.75) is 50.7 Å². The molecule has 0 unspecified atom stereocenters. The maximum absolute atomic E-state index is 12.3. The van der Waals surface area contributed by atoms with Crippen molar-refractivity contribution in [2.75, 3.05) is 37.4 Å². The smallest absolute Gasteiger partial charge is 0.220 e. The number of carbonyl (C=O) groups is 1. The number of benzene rings is 1. The Kier molecular flexibility index (Phi) is 8.04. The molecule has 4 rings (SSSR count). The molecule has 33 heavy (non-hydrogen) atoms. The lowest BCUT2D eigenvalue weighted by Gasteiger charge is -2.18. The molecule has 0 bridgehead atoms. The van der Waals surface area contributed by atoms with Gasteiger partial charge in [0.1, 0.15) is 11.6 Å². The molecule has 1 aliphatic rings. The third-order valence-corrected chi connectivity index (χ3v) is 6.80. The molecule has 3 aromatic rings.